The Labute approximate surface area is 431 Å². The fourth-order valence-corrected chi connectivity index (χ4v) is 10.7. The SMILES string of the molecule is COc1ccc(C(OC[C@H]2O[C@@H](n3c(C(COC(=O)c4ccccc4)OC(=O)c4ccccc4)cc(=O)[nH]c3=O)[C@H](OC)[C@@H]2OP(OCCC#N)N(C(C)C)C(C)C)(c2ccccc2)c2ccc(OC)cc2)cc1. The average Bonchev–Trinajstić information content (AvgIpc) is 3.76. The fraction of sp³-hybridized carbons (Fsp3) is 0.339. The molecule has 1 aliphatic heterocycles. The number of carbonyl (C=O) groups is 2. The number of benzene rings is 5. The lowest BCUT2D eigenvalue weighted by molar-refractivity contribution is -0.0981. The maximum atomic E-state index is 14.6. The molecule has 1 saturated heterocycles. The van der Waals surface area contributed by atoms with Crippen LogP contribution in [0.1, 0.15) is 89.5 Å². The van der Waals surface area contributed by atoms with Crippen LogP contribution in [-0.2, 0) is 38.3 Å². The van der Waals surface area contributed by atoms with E-state index in [1.165, 1.54) is 19.2 Å². The largest absolute Gasteiger partial charge is 0.497 e. The molecule has 2 unspecified atom stereocenters. The standard InChI is InChI=1S/C56H61N4O13P/c1-37(2)60(38(3)4)74(70-33-17-32-57)73-50-48(36-69-56(41-22-15-10-16-23-41,42-24-28-44(65-5)29-25-42)43-26-30-45(66-6)31-27-43)71-52(51(50)67-7)59-46(34-49(61)58-55(59)64)47(72-54(63)40-20-13-9-14-21-40)35-68-53(62)39-18-11-8-12-19-39/h8-16,18-31,34,37-38,47-48,50-52H,17,33,35-36H2,1-7H3,(H,58,61,64)/t47?,48-,50-,51-,52-,74?/m1/s1. The molecule has 6 aromatic rings. The van der Waals surface area contributed by atoms with Crippen molar-refractivity contribution in [3.63, 3.8) is 0 Å². The van der Waals surface area contributed by atoms with E-state index in [1.807, 2.05) is 111 Å². The maximum Gasteiger partial charge on any atom is 0.338 e. The maximum absolute atomic E-state index is 14.6. The number of nitrogens with zero attached hydrogens (tertiary/aromatic N) is 3. The summed E-state index contributed by atoms with van der Waals surface area (Å²) < 4.78 is 60.4. The van der Waals surface area contributed by atoms with Crippen molar-refractivity contribution in [1.82, 2.24) is 14.2 Å². The third kappa shape index (κ3) is 12.7. The Bertz CT molecular complexity index is 2860. The van der Waals surface area contributed by atoms with Crippen LogP contribution in [0.15, 0.2) is 155 Å². The summed E-state index contributed by atoms with van der Waals surface area (Å²) in [5, 5.41) is 9.59. The molecule has 0 aliphatic carbocycles. The first-order valence-electron chi connectivity index (χ1n) is 24.1. The molecule has 0 amide bonds. The number of ether oxygens (including phenoxy) is 7. The van der Waals surface area contributed by atoms with Gasteiger partial charge >= 0.3 is 17.6 Å². The molecule has 388 valence electrons. The molecule has 5 aromatic carbocycles. The van der Waals surface area contributed by atoms with Crippen LogP contribution in [-0.4, -0.2) is 97.7 Å². The van der Waals surface area contributed by atoms with Crippen molar-refractivity contribution in [2.45, 2.75) is 82.4 Å². The number of aromatic amines is 1. The number of H-pyrrole nitrogens is 1. The third-order valence-electron chi connectivity index (χ3n) is 12.3. The van der Waals surface area contributed by atoms with E-state index in [0.29, 0.717) is 11.5 Å². The second-order valence-corrected chi connectivity index (χ2v) is 19.1. The van der Waals surface area contributed by atoms with Gasteiger partial charge in [0.05, 0.1) is 56.7 Å². The Kier molecular flexibility index (Phi) is 19.1. The number of aromatic nitrogens is 2. The van der Waals surface area contributed by atoms with Gasteiger partial charge in [0.2, 0.25) is 0 Å². The van der Waals surface area contributed by atoms with Crippen LogP contribution in [0.4, 0.5) is 0 Å². The minimum atomic E-state index is -1.99. The zero-order valence-corrected chi connectivity index (χ0v) is 43.2. The molecule has 74 heavy (non-hydrogen) atoms. The highest BCUT2D eigenvalue weighted by Gasteiger charge is 2.52. The number of rotatable bonds is 24. The van der Waals surface area contributed by atoms with Gasteiger partial charge in [-0.1, -0.05) is 91.0 Å². The number of nitriles is 1. The van der Waals surface area contributed by atoms with Crippen LogP contribution in [0.25, 0.3) is 0 Å². The predicted molar refractivity (Wildman–Crippen MR) is 276 cm³/mol. The van der Waals surface area contributed by atoms with Crippen LogP contribution < -0.4 is 20.7 Å². The molecule has 0 bridgehead atoms. The first-order valence-corrected chi connectivity index (χ1v) is 25.2. The Morgan fingerprint density at radius 1 is 0.743 bits per heavy atom. The van der Waals surface area contributed by atoms with E-state index in [9.17, 15) is 24.4 Å². The van der Waals surface area contributed by atoms with Crippen LogP contribution in [0.3, 0.4) is 0 Å². The zero-order chi connectivity index (χ0) is 52.8. The summed E-state index contributed by atoms with van der Waals surface area (Å²) in [7, 11) is 2.61. The molecule has 0 radical (unpaired) electrons. The van der Waals surface area contributed by atoms with Gasteiger partial charge in [-0.05, 0) is 92.9 Å². The van der Waals surface area contributed by atoms with Crippen molar-refractivity contribution < 1.29 is 51.8 Å². The van der Waals surface area contributed by atoms with Gasteiger partial charge < -0.3 is 42.2 Å². The van der Waals surface area contributed by atoms with Gasteiger partial charge in [-0.15, -0.1) is 0 Å². The quantitative estimate of drug-likeness (QED) is 0.0261. The van der Waals surface area contributed by atoms with E-state index in [2.05, 4.69) is 11.1 Å². The van der Waals surface area contributed by atoms with Crippen LogP contribution in [0.5, 0.6) is 11.5 Å². The number of esters is 2. The molecule has 2 heterocycles. The molecule has 1 aromatic heterocycles. The highest BCUT2D eigenvalue weighted by molar-refractivity contribution is 7.44. The van der Waals surface area contributed by atoms with Gasteiger partial charge in [0.25, 0.3) is 14.1 Å². The molecule has 18 heteroatoms. The molecule has 7 rings (SSSR count). The Hall–Kier alpha value is -7.00. The molecule has 1 aliphatic rings. The molecule has 0 spiro atoms. The smallest absolute Gasteiger partial charge is 0.338 e. The Morgan fingerprint density at radius 2 is 1.27 bits per heavy atom. The lowest BCUT2D eigenvalue weighted by Gasteiger charge is -2.39. The topological polar surface area (TPSA) is 199 Å². The predicted octanol–water partition coefficient (Wildman–Crippen LogP) is 8.89. The highest BCUT2D eigenvalue weighted by Crippen LogP contribution is 2.51. The second-order valence-electron chi connectivity index (χ2n) is 17.7. The van der Waals surface area contributed by atoms with Gasteiger partial charge in [0, 0.05) is 25.3 Å². The van der Waals surface area contributed by atoms with E-state index in [4.69, 9.17) is 42.2 Å². The Balaban J connectivity index is 1.39. The van der Waals surface area contributed by atoms with Crippen molar-refractivity contribution in [3.05, 3.63) is 200 Å². The van der Waals surface area contributed by atoms with E-state index in [1.54, 1.807) is 62.8 Å². The highest BCUT2D eigenvalue weighted by atomic mass is 31.2. The van der Waals surface area contributed by atoms with Gasteiger partial charge in [-0.2, -0.15) is 5.26 Å². The molecule has 1 fully saturated rings. The Morgan fingerprint density at radius 3 is 1.78 bits per heavy atom. The summed E-state index contributed by atoms with van der Waals surface area (Å²) in [5.41, 5.74) is -0.727. The molecular formula is C56H61N4O13P. The molecule has 17 nitrogen and oxygen atoms in total. The minimum absolute atomic E-state index is 0.0414. The number of carbonyl (C=O) groups excluding carboxylic acids is 2. The van der Waals surface area contributed by atoms with Crippen molar-refractivity contribution in [2.75, 3.05) is 41.2 Å². The van der Waals surface area contributed by atoms with Crippen LogP contribution >= 0.6 is 8.53 Å². The van der Waals surface area contributed by atoms with E-state index in [0.717, 1.165) is 27.3 Å². The molecule has 6 atom stereocenters. The summed E-state index contributed by atoms with van der Waals surface area (Å²) in [4.78, 5) is 57.7. The monoisotopic (exact) mass is 1030 g/mol. The second kappa shape index (κ2) is 25.8. The van der Waals surface area contributed by atoms with Gasteiger partial charge in [-0.25, -0.2) is 19.1 Å². The first-order chi connectivity index (χ1) is 35.8. The summed E-state index contributed by atoms with van der Waals surface area (Å²) in [6, 6.07) is 44.0. The van der Waals surface area contributed by atoms with E-state index in [-0.39, 0.29) is 48.5 Å². The normalized spacial score (nSPS) is 17.4. The minimum Gasteiger partial charge on any atom is -0.497 e. The number of hydrogen-bond acceptors (Lipinski definition) is 15. The number of nitrogens with one attached hydrogen (secondary N) is 1. The van der Waals surface area contributed by atoms with Crippen molar-refractivity contribution >= 4 is 20.5 Å². The zero-order valence-electron chi connectivity index (χ0n) is 42.3. The van der Waals surface area contributed by atoms with Crippen molar-refractivity contribution in [3.8, 4) is 17.6 Å². The van der Waals surface area contributed by atoms with Crippen molar-refractivity contribution in [2.24, 2.45) is 0 Å². The van der Waals surface area contributed by atoms with Gasteiger partial charge in [0.15, 0.2) is 12.3 Å². The summed E-state index contributed by atoms with van der Waals surface area (Å²) in [5.74, 6) is -0.329. The molecule has 0 saturated carbocycles. The lowest BCUT2D eigenvalue weighted by atomic mass is 9.80. The third-order valence-corrected chi connectivity index (χ3v) is 14.4. The summed E-state index contributed by atoms with van der Waals surface area (Å²) in [6.45, 7) is 7.19. The lowest BCUT2D eigenvalue weighted by Crippen LogP contribution is -2.44. The van der Waals surface area contributed by atoms with E-state index >= 15 is 0 Å². The molecule has 1 N–H and O–H groups in total. The van der Waals surface area contributed by atoms with Gasteiger partial charge in [-0.3, -0.25) is 14.3 Å². The number of methoxy groups -OCH3 is 3. The van der Waals surface area contributed by atoms with Gasteiger partial charge in [0.1, 0.15) is 42.0 Å². The molecular weight excluding hydrogens is 968 g/mol. The van der Waals surface area contributed by atoms with Crippen LogP contribution in [0.2, 0.25) is 0 Å². The van der Waals surface area contributed by atoms with Crippen LogP contribution in [0, 0.1) is 11.3 Å². The number of hydrogen-bond donors (Lipinski definition) is 1. The first kappa shape index (κ1) is 54.8. The van der Waals surface area contributed by atoms with E-state index < -0.39 is 74.6 Å². The fourth-order valence-electron chi connectivity index (χ4n) is 8.90. The average molecular weight is 1030 g/mol. The summed E-state index contributed by atoms with van der Waals surface area (Å²) >= 11 is 0. The summed E-state index contributed by atoms with van der Waals surface area (Å²) in [6.07, 6.45) is -6.29. The van der Waals surface area contributed by atoms with Crippen molar-refractivity contribution in [1.29, 1.82) is 5.26 Å².